The van der Waals surface area contributed by atoms with Gasteiger partial charge in [0.25, 0.3) is 0 Å². The van der Waals surface area contributed by atoms with E-state index in [0.717, 1.165) is 45.2 Å². The Bertz CT molecular complexity index is 2460. The van der Waals surface area contributed by atoms with Crippen LogP contribution < -0.4 is 4.67 Å². The van der Waals surface area contributed by atoms with Crippen LogP contribution in [0.2, 0.25) is 0 Å². The largest absolute Gasteiger partial charge is 0.317 e. The second kappa shape index (κ2) is 9.74. The van der Waals surface area contributed by atoms with Crippen LogP contribution in [0.3, 0.4) is 0 Å². The van der Waals surface area contributed by atoms with Gasteiger partial charge >= 0.3 is 12.4 Å². The van der Waals surface area contributed by atoms with Gasteiger partial charge in [0.15, 0.2) is 0 Å². The van der Waals surface area contributed by atoms with E-state index in [2.05, 4.69) is 129 Å². The molecule has 5 aromatic carbocycles. The molecule has 1 aliphatic heterocycles. The third-order valence-corrected chi connectivity index (χ3v) is 8.60. The summed E-state index contributed by atoms with van der Waals surface area (Å²) in [6, 6.07) is 47.1. The molecule has 9 rings (SSSR count). The molecule has 3 aromatic heterocycles. The molecule has 1 aliphatic rings. The molecule has 4 nitrogen and oxygen atoms in total. The van der Waals surface area contributed by atoms with E-state index in [1.54, 1.807) is 0 Å². The Labute approximate surface area is 254 Å². The molecule has 0 aliphatic carbocycles. The summed E-state index contributed by atoms with van der Waals surface area (Å²) in [5.74, 6) is 0. The minimum atomic E-state index is 0.849. The number of pyridine rings is 2. The first-order valence-electron chi connectivity index (χ1n) is 14.8. The number of para-hydroxylation sites is 1. The van der Waals surface area contributed by atoms with Crippen molar-refractivity contribution >= 4 is 44.9 Å². The summed E-state index contributed by atoms with van der Waals surface area (Å²) >= 11 is 0. The predicted molar refractivity (Wildman–Crippen MR) is 183 cm³/mol. The summed E-state index contributed by atoms with van der Waals surface area (Å²) in [4.78, 5) is 9.75. The fraction of sp³-hybridized carbons (Fsp3) is 0. The van der Waals surface area contributed by atoms with Crippen LogP contribution in [0, 0.1) is 0 Å². The van der Waals surface area contributed by atoms with Crippen LogP contribution in [0.4, 0.5) is 0 Å². The second-order valence-electron chi connectivity index (χ2n) is 11.2. The Kier molecular flexibility index (Phi) is 5.42. The SMILES string of the molecule is C1=[N+]=Cc2c1c1ccccc1n2-c1ccc(-c2cc(-c3ccc4c(ccc5ccccc54)c3)nc(-c3ccccn3)c2)cc1. The van der Waals surface area contributed by atoms with Crippen LogP contribution in [-0.4, -0.2) is 27.0 Å². The Hall–Kier alpha value is -6.09. The minimum Gasteiger partial charge on any atom is -0.303 e. The number of aromatic nitrogens is 3. The van der Waals surface area contributed by atoms with E-state index in [0.29, 0.717) is 0 Å². The topological polar surface area (TPSA) is 44.8 Å². The second-order valence-corrected chi connectivity index (χ2v) is 11.2. The van der Waals surface area contributed by atoms with Gasteiger partial charge in [-0.25, -0.2) is 4.98 Å². The summed E-state index contributed by atoms with van der Waals surface area (Å²) in [5.41, 5.74) is 10.5. The van der Waals surface area contributed by atoms with Gasteiger partial charge < -0.3 is 4.57 Å². The molecule has 0 N–H and O–H groups in total. The zero-order valence-electron chi connectivity index (χ0n) is 23.7. The molecule has 0 saturated heterocycles. The summed E-state index contributed by atoms with van der Waals surface area (Å²) < 4.78 is 6.73. The number of benzene rings is 5. The summed E-state index contributed by atoms with van der Waals surface area (Å²) in [7, 11) is 0. The molecule has 8 aromatic rings. The molecule has 0 bridgehead atoms. The molecule has 44 heavy (non-hydrogen) atoms. The van der Waals surface area contributed by atoms with Crippen molar-refractivity contribution in [1.82, 2.24) is 19.2 Å². The Morgan fingerprint density at radius 2 is 1.25 bits per heavy atom. The van der Waals surface area contributed by atoms with Crippen LogP contribution in [-0.2, 0) is 0 Å². The lowest BCUT2D eigenvalue weighted by Crippen LogP contribution is -1.99. The van der Waals surface area contributed by atoms with Crippen molar-refractivity contribution in [2.45, 2.75) is 0 Å². The molecule has 0 amide bonds. The Morgan fingerprint density at radius 1 is 0.500 bits per heavy atom. The molecule has 0 radical (unpaired) electrons. The number of fused-ring (bicyclic) bond motifs is 6. The van der Waals surface area contributed by atoms with Gasteiger partial charge in [-0.1, -0.05) is 89.6 Å². The summed E-state index contributed by atoms with van der Waals surface area (Å²) in [6.45, 7) is 0. The Balaban J connectivity index is 1.17. The summed E-state index contributed by atoms with van der Waals surface area (Å²) in [5, 5.41) is 6.17. The maximum Gasteiger partial charge on any atom is 0.317 e. The van der Waals surface area contributed by atoms with Crippen molar-refractivity contribution in [2.24, 2.45) is 0 Å². The molecule has 204 valence electrons. The highest BCUT2D eigenvalue weighted by Gasteiger charge is 2.24. The third-order valence-electron chi connectivity index (χ3n) is 8.60. The van der Waals surface area contributed by atoms with Gasteiger partial charge in [-0.2, -0.15) is 0 Å². The normalized spacial score (nSPS) is 12.0. The van der Waals surface area contributed by atoms with Crippen molar-refractivity contribution in [3.63, 3.8) is 0 Å². The molecular weight excluding hydrogens is 536 g/mol. The fourth-order valence-electron chi connectivity index (χ4n) is 6.47. The highest BCUT2D eigenvalue weighted by molar-refractivity contribution is 6.12. The minimum absolute atomic E-state index is 0.849. The van der Waals surface area contributed by atoms with E-state index in [9.17, 15) is 0 Å². The van der Waals surface area contributed by atoms with E-state index in [4.69, 9.17) is 4.98 Å². The first-order valence-corrected chi connectivity index (χ1v) is 14.8. The molecule has 0 saturated carbocycles. The van der Waals surface area contributed by atoms with Crippen molar-refractivity contribution < 1.29 is 0 Å². The first-order chi connectivity index (χ1) is 21.8. The van der Waals surface area contributed by atoms with E-state index in [-0.39, 0.29) is 0 Å². The average molecular weight is 562 g/mol. The van der Waals surface area contributed by atoms with Crippen LogP contribution >= 0.6 is 0 Å². The quantitative estimate of drug-likeness (QED) is 0.159. The highest BCUT2D eigenvalue weighted by atomic mass is 15.0. The lowest BCUT2D eigenvalue weighted by Gasteiger charge is -2.12. The highest BCUT2D eigenvalue weighted by Crippen LogP contribution is 2.34. The molecule has 4 heteroatoms. The van der Waals surface area contributed by atoms with Crippen molar-refractivity contribution in [3.8, 4) is 39.5 Å². The number of hydrogen-bond donors (Lipinski definition) is 0. The first kappa shape index (κ1) is 24.5. The monoisotopic (exact) mass is 561 g/mol. The van der Waals surface area contributed by atoms with Gasteiger partial charge in [0.05, 0.1) is 28.2 Å². The maximum atomic E-state index is 5.12. The fourth-order valence-corrected chi connectivity index (χ4v) is 6.47. The van der Waals surface area contributed by atoms with Gasteiger partial charge in [0, 0.05) is 22.8 Å². The van der Waals surface area contributed by atoms with E-state index in [1.807, 2.05) is 36.8 Å². The molecule has 0 fully saturated rings. The van der Waals surface area contributed by atoms with Crippen LogP contribution in [0.25, 0.3) is 71.9 Å². The Morgan fingerprint density at radius 3 is 2.14 bits per heavy atom. The number of nitrogens with zero attached hydrogens (tertiary/aromatic N) is 4. The van der Waals surface area contributed by atoms with Crippen LogP contribution in [0.1, 0.15) is 11.3 Å². The number of hydrogen-bond acceptors (Lipinski definition) is 2. The lowest BCUT2D eigenvalue weighted by atomic mass is 9.97. The van der Waals surface area contributed by atoms with Gasteiger partial charge in [-0.15, -0.1) is 0 Å². The van der Waals surface area contributed by atoms with E-state index < -0.39 is 0 Å². The smallest absolute Gasteiger partial charge is 0.303 e. The van der Waals surface area contributed by atoms with E-state index in [1.165, 1.54) is 38.0 Å². The molecule has 0 unspecified atom stereocenters. The van der Waals surface area contributed by atoms with Gasteiger partial charge in [0.1, 0.15) is 5.69 Å². The van der Waals surface area contributed by atoms with E-state index >= 15 is 0 Å². The predicted octanol–water partition coefficient (Wildman–Crippen LogP) is 8.65. The third kappa shape index (κ3) is 3.90. The summed E-state index contributed by atoms with van der Waals surface area (Å²) in [6.07, 6.45) is 5.72. The van der Waals surface area contributed by atoms with Crippen LogP contribution in [0.5, 0.6) is 0 Å². The lowest BCUT2D eigenvalue weighted by molar-refractivity contribution is 1.11. The zero-order chi connectivity index (χ0) is 29.0. The molecule has 0 spiro atoms. The maximum absolute atomic E-state index is 5.12. The molecule has 0 atom stereocenters. The zero-order valence-corrected chi connectivity index (χ0v) is 23.7. The van der Waals surface area contributed by atoms with Gasteiger partial charge in [0.2, 0.25) is 0 Å². The molecule has 4 heterocycles. The van der Waals surface area contributed by atoms with Crippen molar-refractivity contribution in [2.75, 3.05) is 0 Å². The molecular formula is C40H25N4+. The van der Waals surface area contributed by atoms with Gasteiger partial charge in [-0.3, -0.25) is 4.98 Å². The van der Waals surface area contributed by atoms with Crippen molar-refractivity contribution in [3.05, 3.63) is 151 Å². The van der Waals surface area contributed by atoms with Crippen molar-refractivity contribution in [1.29, 1.82) is 0 Å². The van der Waals surface area contributed by atoms with Gasteiger partial charge in [-0.05, 0) is 81.2 Å². The van der Waals surface area contributed by atoms with Crippen LogP contribution in [0.15, 0.2) is 140 Å². The average Bonchev–Trinajstić information content (AvgIpc) is 3.69. The standard InChI is InChI=1S/C40H25N4/c1-2-8-32-27(7-1)12-13-28-21-29(16-19-33(28)32)37-22-30(23-38(43-37)36-10-5-6-20-42-36)26-14-17-31(18-15-26)44-39-11-4-3-9-34(39)35-24-41-25-40(35)44/h1-25H/q+1. The number of rotatable bonds is 4.